The number of thiophene rings is 1. The number of aromatic nitrogens is 2. The zero-order valence-electron chi connectivity index (χ0n) is 18.4. The van der Waals surface area contributed by atoms with Crippen LogP contribution in [0.2, 0.25) is 0 Å². The number of hydrogen-bond donors (Lipinski definition) is 0. The molecule has 1 amide bonds. The maximum Gasteiger partial charge on any atom is 0.236 e. The fourth-order valence-corrected chi connectivity index (χ4v) is 5.03. The monoisotopic (exact) mass is 440 g/mol. The average Bonchev–Trinajstić information content (AvgIpc) is 3.44. The molecular formula is C23H28N4O3S. The van der Waals surface area contributed by atoms with E-state index in [0.717, 1.165) is 24.3 Å². The van der Waals surface area contributed by atoms with Crippen molar-refractivity contribution < 1.29 is 14.3 Å². The first kappa shape index (κ1) is 21.4. The van der Waals surface area contributed by atoms with E-state index in [1.807, 2.05) is 20.3 Å². The molecule has 1 aliphatic heterocycles. The van der Waals surface area contributed by atoms with Gasteiger partial charge < -0.3 is 14.4 Å². The van der Waals surface area contributed by atoms with Gasteiger partial charge >= 0.3 is 0 Å². The lowest BCUT2D eigenvalue weighted by Gasteiger charge is -2.37. The number of benzene rings is 1. The Labute approximate surface area is 186 Å². The van der Waals surface area contributed by atoms with Crippen LogP contribution in [0.25, 0.3) is 0 Å². The number of hydrogen-bond acceptors (Lipinski definition) is 6. The summed E-state index contributed by atoms with van der Waals surface area (Å²) >= 11 is 1.71. The van der Waals surface area contributed by atoms with Gasteiger partial charge in [0.1, 0.15) is 0 Å². The molecule has 1 aromatic carbocycles. The Morgan fingerprint density at radius 2 is 2.06 bits per heavy atom. The van der Waals surface area contributed by atoms with E-state index >= 15 is 0 Å². The molecule has 0 saturated carbocycles. The van der Waals surface area contributed by atoms with Gasteiger partial charge in [0.15, 0.2) is 11.5 Å². The number of aryl methyl sites for hydroxylation is 1. The van der Waals surface area contributed by atoms with Crippen LogP contribution >= 0.6 is 11.3 Å². The first-order valence-electron chi connectivity index (χ1n) is 10.2. The van der Waals surface area contributed by atoms with Crippen molar-refractivity contribution in [2.24, 2.45) is 7.05 Å². The van der Waals surface area contributed by atoms with Crippen LogP contribution in [-0.2, 0) is 24.8 Å². The lowest BCUT2D eigenvalue weighted by atomic mass is 9.91. The summed E-state index contributed by atoms with van der Waals surface area (Å²) < 4.78 is 12.8. The van der Waals surface area contributed by atoms with Gasteiger partial charge in [-0.15, -0.1) is 11.3 Å². The molecule has 164 valence electrons. The lowest BCUT2D eigenvalue weighted by Crippen LogP contribution is -2.43. The van der Waals surface area contributed by atoms with Gasteiger partial charge in [0.25, 0.3) is 0 Å². The van der Waals surface area contributed by atoms with E-state index in [9.17, 15) is 4.79 Å². The maximum absolute atomic E-state index is 13.1. The van der Waals surface area contributed by atoms with Crippen LogP contribution in [0.15, 0.2) is 42.0 Å². The minimum Gasteiger partial charge on any atom is -0.493 e. The molecule has 1 aliphatic rings. The summed E-state index contributed by atoms with van der Waals surface area (Å²) in [6.07, 6.45) is 4.60. The molecule has 0 N–H and O–H groups in total. The largest absolute Gasteiger partial charge is 0.493 e. The Morgan fingerprint density at radius 3 is 2.71 bits per heavy atom. The minimum atomic E-state index is 0.0132. The quantitative estimate of drug-likeness (QED) is 0.565. The van der Waals surface area contributed by atoms with Crippen molar-refractivity contribution in [2.45, 2.75) is 19.0 Å². The Kier molecular flexibility index (Phi) is 6.29. The van der Waals surface area contributed by atoms with E-state index in [-0.39, 0.29) is 11.9 Å². The fraction of sp³-hybridized carbons (Fsp3) is 0.391. The lowest BCUT2D eigenvalue weighted by molar-refractivity contribution is -0.132. The highest BCUT2D eigenvalue weighted by molar-refractivity contribution is 7.10. The summed E-state index contributed by atoms with van der Waals surface area (Å²) in [6.45, 7) is 1.70. The van der Waals surface area contributed by atoms with Crippen molar-refractivity contribution >= 4 is 17.2 Å². The van der Waals surface area contributed by atoms with E-state index < -0.39 is 0 Å². The molecule has 0 aliphatic carbocycles. The number of nitrogens with zero attached hydrogens (tertiary/aromatic N) is 4. The van der Waals surface area contributed by atoms with Gasteiger partial charge in [-0.2, -0.15) is 5.10 Å². The number of carbonyl (C=O) groups excluding carboxylic acids is 1. The van der Waals surface area contributed by atoms with Crippen molar-refractivity contribution in [3.63, 3.8) is 0 Å². The molecule has 0 radical (unpaired) electrons. The Bertz CT molecular complexity index is 1050. The van der Waals surface area contributed by atoms with Gasteiger partial charge in [-0.1, -0.05) is 6.07 Å². The number of rotatable bonds is 7. The Morgan fingerprint density at radius 1 is 1.29 bits per heavy atom. The summed E-state index contributed by atoms with van der Waals surface area (Å²) in [5, 5.41) is 6.28. The van der Waals surface area contributed by atoms with Crippen LogP contribution in [0.4, 0.5) is 0 Å². The van der Waals surface area contributed by atoms with Crippen molar-refractivity contribution in [3.05, 3.63) is 63.6 Å². The van der Waals surface area contributed by atoms with Crippen LogP contribution < -0.4 is 9.47 Å². The third-order valence-electron chi connectivity index (χ3n) is 5.73. The molecule has 0 fully saturated rings. The highest BCUT2D eigenvalue weighted by Crippen LogP contribution is 2.42. The van der Waals surface area contributed by atoms with Crippen molar-refractivity contribution in [3.8, 4) is 11.5 Å². The van der Waals surface area contributed by atoms with Gasteiger partial charge in [0.2, 0.25) is 5.91 Å². The maximum atomic E-state index is 13.1. The summed E-state index contributed by atoms with van der Waals surface area (Å²) in [7, 11) is 7.04. The third-order valence-corrected chi connectivity index (χ3v) is 6.65. The molecular weight excluding hydrogens is 412 g/mol. The van der Waals surface area contributed by atoms with Crippen LogP contribution in [0.3, 0.4) is 0 Å². The van der Waals surface area contributed by atoms with Gasteiger partial charge in [0.05, 0.1) is 33.0 Å². The predicted molar refractivity (Wildman–Crippen MR) is 121 cm³/mol. The first-order valence-corrected chi connectivity index (χ1v) is 11.1. The molecule has 0 bridgehead atoms. The first-order chi connectivity index (χ1) is 15.0. The highest BCUT2D eigenvalue weighted by atomic mass is 32.1. The van der Waals surface area contributed by atoms with E-state index in [4.69, 9.17) is 9.47 Å². The zero-order valence-corrected chi connectivity index (χ0v) is 19.2. The summed E-state index contributed by atoms with van der Waals surface area (Å²) in [6, 6.07) is 8.35. The van der Waals surface area contributed by atoms with E-state index in [2.05, 4.69) is 39.6 Å². The number of fused-ring (bicyclic) bond motifs is 1. The summed E-state index contributed by atoms with van der Waals surface area (Å²) in [4.78, 5) is 18.3. The zero-order chi connectivity index (χ0) is 22.0. The van der Waals surface area contributed by atoms with Gasteiger partial charge in [0, 0.05) is 43.8 Å². The van der Waals surface area contributed by atoms with Crippen LogP contribution in [0.5, 0.6) is 11.5 Å². The molecule has 2 aromatic heterocycles. The molecule has 0 spiro atoms. The highest BCUT2D eigenvalue weighted by Gasteiger charge is 2.32. The Balaban J connectivity index is 1.59. The van der Waals surface area contributed by atoms with E-state index in [0.29, 0.717) is 18.8 Å². The van der Waals surface area contributed by atoms with Crippen molar-refractivity contribution in [2.75, 3.05) is 34.4 Å². The van der Waals surface area contributed by atoms with Crippen molar-refractivity contribution in [1.82, 2.24) is 19.6 Å². The third kappa shape index (κ3) is 4.45. The second kappa shape index (κ2) is 9.11. The van der Waals surface area contributed by atoms with Gasteiger partial charge in [-0.3, -0.25) is 14.4 Å². The Hall–Kier alpha value is -2.84. The smallest absolute Gasteiger partial charge is 0.236 e. The fourth-order valence-electron chi connectivity index (χ4n) is 4.16. The average molecular weight is 441 g/mol. The molecule has 1 atom stereocenters. The number of methoxy groups -OCH3 is 2. The summed E-state index contributed by atoms with van der Waals surface area (Å²) in [5.74, 6) is 1.55. The number of likely N-dealkylation sites (N-methyl/N-ethyl adjacent to an activating group) is 1. The molecule has 0 saturated heterocycles. The van der Waals surface area contributed by atoms with Crippen molar-refractivity contribution in [1.29, 1.82) is 0 Å². The topological polar surface area (TPSA) is 59.8 Å². The SMILES string of the molecule is COc1cc2c(cc1OC)C(c1cccs1)N(CC(=O)N(C)Cc1cnn(C)c1)CC2. The second-order valence-electron chi connectivity index (χ2n) is 7.82. The predicted octanol–water partition coefficient (Wildman–Crippen LogP) is 3.10. The van der Waals surface area contributed by atoms with Gasteiger partial charge in [-0.25, -0.2) is 0 Å². The van der Waals surface area contributed by atoms with Crippen LogP contribution in [-0.4, -0.2) is 59.8 Å². The molecule has 3 aromatic rings. The van der Waals surface area contributed by atoms with E-state index in [1.54, 1.807) is 41.3 Å². The molecule has 1 unspecified atom stereocenters. The van der Waals surface area contributed by atoms with Crippen LogP contribution in [0.1, 0.15) is 27.6 Å². The molecule has 8 heteroatoms. The molecule has 3 heterocycles. The number of carbonyl (C=O) groups is 1. The van der Waals surface area contributed by atoms with Gasteiger partial charge in [-0.05, 0) is 41.1 Å². The minimum absolute atomic E-state index is 0.0132. The molecule has 7 nitrogen and oxygen atoms in total. The molecule has 31 heavy (non-hydrogen) atoms. The number of amides is 1. The van der Waals surface area contributed by atoms with Crippen LogP contribution in [0, 0.1) is 0 Å². The second-order valence-corrected chi connectivity index (χ2v) is 8.80. The molecule has 4 rings (SSSR count). The standard InChI is InChI=1S/C23H28N4O3S/c1-25(13-16-12-24-26(2)14-16)22(28)15-27-8-7-17-10-19(29-3)20(30-4)11-18(17)23(27)21-6-5-9-31-21/h5-6,9-12,14,23H,7-8,13,15H2,1-4H3. The summed E-state index contributed by atoms with van der Waals surface area (Å²) in [5.41, 5.74) is 3.44. The normalized spacial score (nSPS) is 16.1. The number of ether oxygens (including phenoxy) is 2. The van der Waals surface area contributed by atoms with E-state index in [1.165, 1.54) is 16.0 Å².